The van der Waals surface area contributed by atoms with E-state index in [9.17, 15) is 0 Å². The lowest BCUT2D eigenvalue weighted by atomic mass is 10.1. The van der Waals surface area contributed by atoms with Crippen LogP contribution in [0.1, 0.15) is 5.56 Å². The Balaban J connectivity index is 1.40. The maximum Gasteiger partial charge on any atom is 0.206 e. The normalized spacial score (nSPS) is 21.3. The van der Waals surface area contributed by atoms with Gasteiger partial charge in [0.25, 0.3) is 0 Å². The van der Waals surface area contributed by atoms with Crippen LogP contribution in [-0.4, -0.2) is 24.6 Å². The van der Waals surface area contributed by atoms with Crippen LogP contribution in [0.3, 0.4) is 0 Å². The maximum atomic E-state index is 6.37. The summed E-state index contributed by atoms with van der Waals surface area (Å²) in [5, 5.41) is 1.53. The van der Waals surface area contributed by atoms with Gasteiger partial charge in [0.2, 0.25) is 5.79 Å². The third-order valence-electron chi connectivity index (χ3n) is 4.77. The number of rotatable bonds is 6. The van der Waals surface area contributed by atoms with Crippen molar-refractivity contribution in [3.05, 3.63) is 88.4 Å². The van der Waals surface area contributed by atoms with E-state index in [1.807, 2.05) is 48.5 Å². The second-order valence-corrected chi connectivity index (χ2v) is 8.17. The predicted octanol–water partition coefficient (Wildman–Crippen LogP) is 6.70. The second kappa shape index (κ2) is 9.07. The summed E-state index contributed by atoms with van der Waals surface area (Å²) >= 11 is 15.9. The lowest BCUT2D eigenvalue weighted by Crippen LogP contribution is -2.31. The van der Waals surface area contributed by atoms with Gasteiger partial charge in [0.1, 0.15) is 18.5 Å². The van der Waals surface area contributed by atoms with E-state index >= 15 is 0 Å². The van der Waals surface area contributed by atoms with E-state index in [2.05, 4.69) is 28.1 Å². The Bertz CT molecular complexity index is 966. The largest absolute Gasteiger partial charge is 0.491 e. The Labute approximate surface area is 188 Å². The van der Waals surface area contributed by atoms with Crippen molar-refractivity contribution in [3.8, 4) is 16.9 Å². The molecule has 0 N–H and O–H groups in total. The monoisotopic (exact) mass is 492 g/mol. The van der Waals surface area contributed by atoms with Gasteiger partial charge in [0.15, 0.2) is 0 Å². The quantitative estimate of drug-likeness (QED) is 0.357. The van der Waals surface area contributed by atoms with Gasteiger partial charge in [-0.25, -0.2) is 0 Å². The molecule has 0 saturated carbocycles. The highest BCUT2D eigenvalue weighted by Gasteiger charge is 2.44. The molecule has 0 unspecified atom stereocenters. The van der Waals surface area contributed by atoms with E-state index in [0.29, 0.717) is 28.6 Å². The van der Waals surface area contributed by atoms with Crippen molar-refractivity contribution in [2.75, 3.05) is 18.5 Å². The van der Waals surface area contributed by atoms with Crippen LogP contribution in [0.4, 0.5) is 0 Å². The fourth-order valence-corrected chi connectivity index (χ4v) is 4.44. The topological polar surface area (TPSA) is 27.7 Å². The molecule has 0 amide bonds. The number of hydrogen-bond donors (Lipinski definition) is 0. The smallest absolute Gasteiger partial charge is 0.206 e. The molecule has 29 heavy (non-hydrogen) atoms. The highest BCUT2D eigenvalue weighted by atomic mass is 79.9. The van der Waals surface area contributed by atoms with Gasteiger partial charge in [0, 0.05) is 10.6 Å². The van der Waals surface area contributed by atoms with Gasteiger partial charge < -0.3 is 14.2 Å². The Hall–Kier alpha value is -1.56. The Kier molecular flexibility index (Phi) is 6.47. The molecule has 4 rings (SSSR count). The van der Waals surface area contributed by atoms with Gasteiger partial charge >= 0.3 is 0 Å². The fraction of sp³-hybridized carbons (Fsp3) is 0.217. The van der Waals surface area contributed by atoms with Crippen molar-refractivity contribution in [3.63, 3.8) is 0 Å². The van der Waals surface area contributed by atoms with Crippen LogP contribution in [0.15, 0.2) is 72.8 Å². The van der Waals surface area contributed by atoms with Gasteiger partial charge in [-0.2, -0.15) is 0 Å². The first-order chi connectivity index (χ1) is 14.1. The Morgan fingerprint density at radius 3 is 2.38 bits per heavy atom. The highest BCUT2D eigenvalue weighted by molar-refractivity contribution is 9.09. The molecule has 0 spiro atoms. The first-order valence-electron chi connectivity index (χ1n) is 9.21. The summed E-state index contributed by atoms with van der Waals surface area (Å²) in [7, 11) is 0. The third-order valence-corrected chi connectivity index (χ3v) is 6.06. The number of ether oxygens (including phenoxy) is 3. The molecule has 3 aromatic carbocycles. The Morgan fingerprint density at radius 2 is 1.69 bits per heavy atom. The number of alkyl halides is 1. The fourth-order valence-electron chi connectivity index (χ4n) is 3.29. The molecule has 150 valence electrons. The third kappa shape index (κ3) is 4.62. The summed E-state index contributed by atoms with van der Waals surface area (Å²) in [5.41, 5.74) is 3.07. The van der Waals surface area contributed by atoms with Crippen LogP contribution in [0.5, 0.6) is 5.75 Å². The van der Waals surface area contributed by atoms with Crippen LogP contribution in [0.25, 0.3) is 11.1 Å². The summed E-state index contributed by atoms with van der Waals surface area (Å²) in [6, 6.07) is 23.6. The van der Waals surface area contributed by atoms with Gasteiger partial charge in [-0.15, -0.1) is 0 Å². The van der Waals surface area contributed by atoms with E-state index in [-0.39, 0.29) is 6.10 Å². The summed E-state index contributed by atoms with van der Waals surface area (Å²) < 4.78 is 18.1. The lowest BCUT2D eigenvalue weighted by molar-refractivity contribution is -0.159. The molecule has 1 aliphatic rings. The molecular weight excluding hydrogens is 475 g/mol. The zero-order valence-electron chi connectivity index (χ0n) is 15.5. The summed E-state index contributed by atoms with van der Waals surface area (Å²) in [6.45, 7) is 0.789. The number of halogens is 3. The SMILES string of the molecule is Clc1ccc([C@]2(CBr)OC[C@@H](COc3ccc(-c4ccccc4)cc3)O2)c(Cl)c1. The highest BCUT2D eigenvalue weighted by Crippen LogP contribution is 2.40. The minimum atomic E-state index is -0.952. The summed E-state index contributed by atoms with van der Waals surface area (Å²) in [5.74, 6) is -0.165. The molecule has 1 aliphatic heterocycles. The van der Waals surface area contributed by atoms with Crippen molar-refractivity contribution < 1.29 is 14.2 Å². The maximum absolute atomic E-state index is 6.37. The van der Waals surface area contributed by atoms with Crippen LogP contribution >= 0.6 is 39.1 Å². The van der Waals surface area contributed by atoms with Crippen molar-refractivity contribution in [1.29, 1.82) is 0 Å². The Morgan fingerprint density at radius 1 is 0.966 bits per heavy atom. The molecule has 3 nitrogen and oxygen atoms in total. The van der Waals surface area contributed by atoms with E-state index < -0.39 is 5.79 Å². The van der Waals surface area contributed by atoms with Crippen molar-refractivity contribution in [2.24, 2.45) is 0 Å². The van der Waals surface area contributed by atoms with Gasteiger partial charge in [-0.3, -0.25) is 0 Å². The number of benzene rings is 3. The molecule has 6 heteroatoms. The van der Waals surface area contributed by atoms with Crippen LogP contribution in [-0.2, 0) is 15.3 Å². The molecule has 0 radical (unpaired) electrons. The van der Waals surface area contributed by atoms with Crippen molar-refractivity contribution in [1.82, 2.24) is 0 Å². The molecule has 2 atom stereocenters. The van der Waals surface area contributed by atoms with Crippen molar-refractivity contribution in [2.45, 2.75) is 11.9 Å². The lowest BCUT2D eigenvalue weighted by Gasteiger charge is -2.27. The minimum Gasteiger partial charge on any atom is -0.491 e. The number of hydrogen-bond acceptors (Lipinski definition) is 3. The molecule has 3 aromatic rings. The predicted molar refractivity (Wildman–Crippen MR) is 120 cm³/mol. The zero-order chi connectivity index (χ0) is 20.3. The van der Waals surface area contributed by atoms with Crippen LogP contribution in [0, 0.1) is 0 Å². The molecule has 0 aromatic heterocycles. The average Bonchev–Trinajstić information content (AvgIpc) is 3.18. The average molecular weight is 494 g/mol. The molecule has 0 bridgehead atoms. The molecule has 1 saturated heterocycles. The van der Waals surface area contributed by atoms with E-state index in [0.717, 1.165) is 16.9 Å². The standard InChI is InChI=1S/C23H19BrCl2O3/c24-15-23(21-11-8-18(25)12-22(21)26)28-14-20(29-23)13-27-19-9-6-17(7-10-19)16-4-2-1-3-5-16/h1-12,20H,13-15H2/t20-,23-/m1/s1. The van der Waals surface area contributed by atoms with E-state index in [1.165, 1.54) is 5.56 Å². The van der Waals surface area contributed by atoms with Gasteiger partial charge in [0.05, 0.1) is 17.0 Å². The second-order valence-electron chi connectivity index (χ2n) is 6.76. The molecule has 1 heterocycles. The first-order valence-corrected chi connectivity index (χ1v) is 11.1. The van der Waals surface area contributed by atoms with Crippen molar-refractivity contribution >= 4 is 39.1 Å². The van der Waals surface area contributed by atoms with Crippen LogP contribution in [0.2, 0.25) is 10.0 Å². The minimum absolute atomic E-state index is 0.215. The van der Waals surface area contributed by atoms with Crippen LogP contribution < -0.4 is 4.74 Å². The molecule has 1 fully saturated rings. The summed E-state index contributed by atoms with van der Waals surface area (Å²) in [6.07, 6.45) is -0.215. The summed E-state index contributed by atoms with van der Waals surface area (Å²) in [4.78, 5) is 0. The zero-order valence-corrected chi connectivity index (χ0v) is 18.6. The van der Waals surface area contributed by atoms with Gasteiger partial charge in [-0.1, -0.05) is 87.7 Å². The molecular formula is C23H19BrCl2O3. The first kappa shape index (κ1) is 20.7. The van der Waals surface area contributed by atoms with E-state index in [1.54, 1.807) is 12.1 Å². The van der Waals surface area contributed by atoms with Gasteiger partial charge in [-0.05, 0) is 35.4 Å². The molecule has 0 aliphatic carbocycles. The van der Waals surface area contributed by atoms with E-state index in [4.69, 9.17) is 37.4 Å².